The maximum atomic E-state index is 6.42. The Labute approximate surface area is 342 Å². The molecule has 2 aromatic carbocycles. The Morgan fingerprint density at radius 1 is 0.732 bits per heavy atom. The Balaban J connectivity index is 0.000000152. The Kier molecular flexibility index (Phi) is 11.3. The van der Waals surface area contributed by atoms with Crippen LogP contribution < -0.4 is 11.5 Å². The van der Waals surface area contributed by atoms with Gasteiger partial charge in [0.1, 0.15) is 0 Å². The highest BCUT2D eigenvalue weighted by Crippen LogP contribution is 2.63. The highest BCUT2D eigenvalue weighted by atomic mass is 79.9. The van der Waals surface area contributed by atoms with E-state index >= 15 is 0 Å². The van der Waals surface area contributed by atoms with Crippen LogP contribution in [0.1, 0.15) is 112 Å². The van der Waals surface area contributed by atoms with Gasteiger partial charge in [0.05, 0.1) is 12.2 Å². The first-order valence-corrected chi connectivity index (χ1v) is 20.8. The maximum absolute atomic E-state index is 6.42. The van der Waals surface area contributed by atoms with Gasteiger partial charge in [-0.05, 0) is 125 Å². The second kappa shape index (κ2) is 15.6. The predicted molar refractivity (Wildman–Crippen MR) is 224 cm³/mol. The maximum Gasteiger partial charge on any atom is 0.220 e. The van der Waals surface area contributed by atoms with Gasteiger partial charge < -0.3 is 20.9 Å². The molecule has 300 valence electrons. The molecular weight excluding hydrogens is 768 g/mol. The van der Waals surface area contributed by atoms with Crippen LogP contribution in [-0.4, -0.2) is 62.6 Å². The molecule has 56 heavy (non-hydrogen) atoms. The summed E-state index contributed by atoms with van der Waals surface area (Å²) in [5.74, 6) is 11.5. The number of halogens is 1. The van der Waals surface area contributed by atoms with Gasteiger partial charge in [0.15, 0.2) is 0 Å². The lowest BCUT2D eigenvalue weighted by molar-refractivity contribution is -0.232. The van der Waals surface area contributed by atoms with E-state index in [-0.39, 0.29) is 18.3 Å². The van der Waals surface area contributed by atoms with Gasteiger partial charge in [-0.15, -0.1) is 12.3 Å². The summed E-state index contributed by atoms with van der Waals surface area (Å²) in [6.45, 7) is 0. The van der Waals surface area contributed by atoms with E-state index in [1.54, 1.807) is 17.2 Å². The molecule has 0 aromatic heterocycles. The SMILES string of the molecule is C.C#CC1CC1.COC1CCC2(CC1)Cc1ccc(Br)cc1C21N=C(N)N(C)O1.COC1CCC2(CC1)Cc1ccc(C#CC3CC3)cc1C21N=C(N)N(C)O1. The molecule has 4 fully saturated rings. The number of terminal acetylenes is 1. The van der Waals surface area contributed by atoms with E-state index in [9.17, 15) is 0 Å². The Morgan fingerprint density at radius 2 is 1.20 bits per heavy atom. The van der Waals surface area contributed by atoms with Gasteiger partial charge in [-0.2, -0.15) is 0 Å². The summed E-state index contributed by atoms with van der Waals surface area (Å²) in [5.41, 5.74) is 16.7. The van der Waals surface area contributed by atoms with Crippen molar-refractivity contribution < 1.29 is 19.1 Å². The van der Waals surface area contributed by atoms with Crippen LogP contribution in [0.5, 0.6) is 0 Å². The topological polar surface area (TPSA) is 120 Å². The molecule has 2 heterocycles. The standard InChI is InChI=1S/C22H27N3O2.C17H22BrN3O2.C5H6.CH4/c1-25-20(23)24-22(27-25)19-13-16(6-5-15-3-4-15)7-8-17(19)14-21(22)11-9-18(26-2)10-12-21;1-21-15(19)20-17(23-21)14-9-12(18)4-3-11(14)10-16(17)7-5-13(22-2)6-8-16;1-2-5-3-4-5;/h7-8,13,15,18H,3-4,9-12,14H2,1-2H3,(H2,23,24);3-4,9,13H,5-8,10H2,1-2H3,(H2,19,20);1,5H,3-4H2;1H4. The molecule has 2 aliphatic heterocycles. The summed E-state index contributed by atoms with van der Waals surface area (Å²) in [6.07, 6.45) is 20.9. The summed E-state index contributed by atoms with van der Waals surface area (Å²) in [7, 11) is 7.28. The summed E-state index contributed by atoms with van der Waals surface area (Å²) in [6, 6.07) is 13.0. The molecular formula is C45H59BrN6O4. The fraction of sp³-hybridized carbons (Fsp3) is 0.600. The van der Waals surface area contributed by atoms with Crippen molar-refractivity contribution in [3.05, 3.63) is 68.7 Å². The van der Waals surface area contributed by atoms with Crippen molar-refractivity contribution in [3.8, 4) is 24.2 Å². The van der Waals surface area contributed by atoms with Crippen molar-refractivity contribution in [1.29, 1.82) is 0 Å². The van der Waals surface area contributed by atoms with E-state index < -0.39 is 11.4 Å². The molecule has 8 aliphatic rings. The average molecular weight is 828 g/mol. The van der Waals surface area contributed by atoms with Crippen LogP contribution in [0.15, 0.2) is 50.9 Å². The second-order valence-corrected chi connectivity index (χ2v) is 17.8. The van der Waals surface area contributed by atoms with Crippen LogP contribution in [0.2, 0.25) is 0 Å². The van der Waals surface area contributed by atoms with Crippen LogP contribution in [0.4, 0.5) is 0 Å². The molecule has 0 radical (unpaired) electrons. The van der Waals surface area contributed by atoms with Crippen LogP contribution >= 0.6 is 15.9 Å². The monoisotopic (exact) mass is 826 g/mol. The van der Waals surface area contributed by atoms with Crippen molar-refractivity contribution in [1.82, 2.24) is 10.1 Å². The van der Waals surface area contributed by atoms with Crippen LogP contribution in [0.25, 0.3) is 0 Å². The van der Waals surface area contributed by atoms with E-state index in [1.165, 1.54) is 36.8 Å². The van der Waals surface area contributed by atoms with E-state index in [2.05, 4.69) is 70.1 Å². The largest absolute Gasteiger partial charge is 0.381 e. The van der Waals surface area contributed by atoms with E-state index in [0.29, 0.717) is 36.0 Å². The number of guanidine groups is 2. The van der Waals surface area contributed by atoms with Gasteiger partial charge in [0.2, 0.25) is 23.4 Å². The lowest BCUT2D eigenvalue weighted by Crippen LogP contribution is -2.46. The number of methoxy groups -OCH3 is 2. The number of fused-ring (bicyclic) bond motifs is 6. The Morgan fingerprint density at radius 3 is 1.59 bits per heavy atom. The zero-order valence-corrected chi connectivity index (χ0v) is 34.3. The minimum absolute atomic E-state index is 0. The van der Waals surface area contributed by atoms with Gasteiger partial charge in [-0.3, -0.25) is 0 Å². The smallest absolute Gasteiger partial charge is 0.220 e. The lowest BCUT2D eigenvalue weighted by atomic mass is 9.66. The fourth-order valence-electron chi connectivity index (χ4n) is 9.78. The van der Waals surface area contributed by atoms with Gasteiger partial charge in [0, 0.05) is 72.1 Å². The molecule has 2 aromatic rings. The van der Waals surface area contributed by atoms with Gasteiger partial charge in [-0.1, -0.05) is 47.3 Å². The fourth-order valence-corrected chi connectivity index (χ4v) is 10.1. The van der Waals surface area contributed by atoms with Crippen molar-refractivity contribution in [2.45, 2.75) is 121 Å². The summed E-state index contributed by atoms with van der Waals surface area (Å²) >= 11 is 3.59. The minimum Gasteiger partial charge on any atom is -0.381 e. The van der Waals surface area contributed by atoms with E-state index in [0.717, 1.165) is 85.4 Å². The zero-order valence-electron chi connectivity index (χ0n) is 32.7. The Hall–Kier alpha value is -3.58. The molecule has 10 nitrogen and oxygen atoms in total. The number of benzene rings is 2. The average Bonchev–Trinajstić information content (AvgIpc) is 4.12. The minimum atomic E-state index is -0.725. The number of nitrogens with zero attached hydrogens (tertiary/aromatic N) is 4. The first-order chi connectivity index (χ1) is 26.5. The number of ether oxygens (including phenoxy) is 2. The number of rotatable bonds is 2. The second-order valence-electron chi connectivity index (χ2n) is 16.8. The van der Waals surface area contributed by atoms with Crippen molar-refractivity contribution >= 4 is 27.8 Å². The van der Waals surface area contributed by atoms with Gasteiger partial charge in [-0.25, -0.2) is 29.8 Å². The number of aliphatic imine (C=N–C) groups is 2. The summed E-state index contributed by atoms with van der Waals surface area (Å²) in [5, 5.41) is 3.24. The Bertz CT molecular complexity index is 1960. The van der Waals surface area contributed by atoms with Gasteiger partial charge >= 0.3 is 0 Å². The highest BCUT2D eigenvalue weighted by Gasteiger charge is 2.64. The van der Waals surface area contributed by atoms with Crippen molar-refractivity contribution in [2.24, 2.45) is 44.1 Å². The van der Waals surface area contributed by atoms with E-state index in [1.807, 2.05) is 21.2 Å². The van der Waals surface area contributed by atoms with Crippen molar-refractivity contribution in [2.75, 3.05) is 28.3 Å². The predicted octanol–water partition coefficient (Wildman–Crippen LogP) is 7.51. The lowest BCUT2D eigenvalue weighted by Gasteiger charge is -2.45. The van der Waals surface area contributed by atoms with E-state index in [4.69, 9.17) is 47.0 Å². The molecule has 4 spiro atoms. The third-order valence-electron chi connectivity index (χ3n) is 13.4. The molecule has 2 atom stereocenters. The van der Waals surface area contributed by atoms with Crippen LogP contribution in [-0.2, 0) is 43.4 Å². The molecule has 4 saturated carbocycles. The first-order valence-electron chi connectivity index (χ1n) is 20.0. The number of hydrogen-bond donors (Lipinski definition) is 2. The molecule has 4 N–H and O–H groups in total. The molecule has 6 aliphatic carbocycles. The van der Waals surface area contributed by atoms with Crippen molar-refractivity contribution in [3.63, 3.8) is 0 Å². The van der Waals surface area contributed by atoms with Crippen LogP contribution in [0, 0.1) is 46.9 Å². The number of hydroxylamine groups is 4. The third kappa shape index (κ3) is 7.13. The molecule has 0 amide bonds. The number of hydrogen-bond acceptors (Lipinski definition) is 10. The zero-order chi connectivity index (χ0) is 38.6. The summed E-state index contributed by atoms with van der Waals surface area (Å²) < 4.78 is 12.2. The normalized spacial score (nSPS) is 33.3. The third-order valence-corrected chi connectivity index (χ3v) is 13.9. The summed E-state index contributed by atoms with van der Waals surface area (Å²) in [4.78, 5) is 22.5. The molecule has 2 unspecified atom stereocenters. The quantitative estimate of drug-likeness (QED) is 0.299. The number of nitrogens with two attached hydrogens (primary N) is 2. The molecule has 0 bridgehead atoms. The molecule has 0 saturated heterocycles. The molecule has 10 rings (SSSR count). The highest BCUT2D eigenvalue weighted by molar-refractivity contribution is 9.10. The van der Waals surface area contributed by atoms with Crippen LogP contribution in [0.3, 0.4) is 0 Å². The van der Waals surface area contributed by atoms with Gasteiger partial charge in [0.25, 0.3) is 0 Å². The molecule has 11 heteroatoms. The first kappa shape index (κ1) is 40.6.